The number of nitrogens with zero attached hydrogens (tertiary/aromatic N) is 1. The predicted molar refractivity (Wildman–Crippen MR) is 129 cm³/mol. The molecule has 0 aliphatic rings. The molecule has 0 spiro atoms. The molecule has 0 unspecified atom stereocenters. The molecule has 0 aliphatic carbocycles. The van der Waals surface area contributed by atoms with Gasteiger partial charge in [-0.3, -0.25) is 4.79 Å². The monoisotopic (exact) mass is 631 g/mol. The van der Waals surface area contributed by atoms with Gasteiger partial charge in [0.1, 0.15) is 0 Å². The molecule has 0 amide bonds. The first-order valence-corrected chi connectivity index (χ1v) is 11.8. The van der Waals surface area contributed by atoms with E-state index in [4.69, 9.17) is 4.74 Å². The van der Waals surface area contributed by atoms with Gasteiger partial charge in [0, 0.05) is 54.7 Å². The number of hydrogen-bond acceptors (Lipinski definition) is 5. The second kappa shape index (κ2) is 14.9. The first-order chi connectivity index (χ1) is 15.0. The number of fused-ring (bicyclic) bond motifs is 1. The minimum Gasteiger partial charge on any atom is -0.512 e. The second-order valence-corrected chi connectivity index (χ2v) is 8.22. The fraction of sp³-hybridized carbons (Fsp3) is 0.385. The molecule has 0 saturated heterocycles. The molecule has 6 heteroatoms. The van der Waals surface area contributed by atoms with Crippen molar-refractivity contribution in [3.05, 3.63) is 65.9 Å². The summed E-state index contributed by atoms with van der Waals surface area (Å²) in [5.41, 5.74) is 0. The average molecular weight is 631 g/mol. The minimum absolute atomic E-state index is 0. The number of thiophene rings is 1. The number of para-hydroxylation sites is 1. The van der Waals surface area contributed by atoms with Crippen molar-refractivity contribution in [1.29, 1.82) is 0 Å². The summed E-state index contributed by atoms with van der Waals surface area (Å²) < 4.78 is 6.87. The Hall–Kier alpha value is -2.01. The van der Waals surface area contributed by atoms with Gasteiger partial charge < -0.3 is 9.84 Å². The zero-order chi connectivity index (χ0) is 22.6. The van der Waals surface area contributed by atoms with Crippen molar-refractivity contribution in [3.8, 4) is 11.6 Å². The van der Waals surface area contributed by atoms with Gasteiger partial charge in [-0.15, -0.1) is 23.5 Å². The number of hydrogen-bond donors (Lipinski definition) is 1. The summed E-state index contributed by atoms with van der Waals surface area (Å²) in [6.07, 6.45) is 6.67. The number of carbonyl (C=O) groups excluding carboxylic acids is 1. The maximum absolute atomic E-state index is 11.7. The standard InChI is InChI=1S/C13H8NOS.C13H24O2.Ir/c1-2-4-10(5-3-1)15-13-11-7-9-16-12(11)6-8-14-13;1-5-10(6-2)12(14)9-13(15)11(7-3)8-4;/h1-4,6-9H;9-11,14H,5-8H2,1-4H3;/q-1;;/b;12-9-;. The van der Waals surface area contributed by atoms with Crippen molar-refractivity contribution in [2.75, 3.05) is 0 Å². The van der Waals surface area contributed by atoms with Crippen LogP contribution in [-0.2, 0) is 24.9 Å². The van der Waals surface area contributed by atoms with Crippen LogP contribution in [0.1, 0.15) is 53.4 Å². The predicted octanol–water partition coefficient (Wildman–Crippen LogP) is 7.76. The van der Waals surface area contributed by atoms with Crippen LogP contribution in [0.15, 0.2) is 59.8 Å². The first-order valence-electron chi connectivity index (χ1n) is 10.9. The van der Waals surface area contributed by atoms with Gasteiger partial charge in [0.2, 0.25) is 5.88 Å². The number of ketones is 1. The van der Waals surface area contributed by atoms with Gasteiger partial charge in [0.15, 0.2) is 5.78 Å². The Morgan fingerprint density at radius 1 is 1.09 bits per heavy atom. The van der Waals surface area contributed by atoms with E-state index >= 15 is 0 Å². The number of benzene rings is 1. The summed E-state index contributed by atoms with van der Waals surface area (Å²) in [4.78, 5) is 16.0. The van der Waals surface area contributed by atoms with Crippen LogP contribution in [-0.4, -0.2) is 15.9 Å². The zero-order valence-corrected chi connectivity index (χ0v) is 22.3. The molecule has 4 nitrogen and oxygen atoms in total. The minimum atomic E-state index is 0. The van der Waals surface area contributed by atoms with Crippen LogP contribution in [0, 0.1) is 17.9 Å². The fourth-order valence-electron chi connectivity index (χ4n) is 3.27. The zero-order valence-electron chi connectivity index (χ0n) is 19.1. The first kappa shape index (κ1) is 28.0. The van der Waals surface area contributed by atoms with Gasteiger partial charge >= 0.3 is 0 Å². The molecule has 3 rings (SSSR count). The van der Waals surface area contributed by atoms with Crippen LogP contribution >= 0.6 is 11.3 Å². The second-order valence-electron chi connectivity index (χ2n) is 7.28. The Labute approximate surface area is 209 Å². The Morgan fingerprint density at radius 2 is 1.78 bits per heavy atom. The summed E-state index contributed by atoms with van der Waals surface area (Å²) in [5.74, 6) is 1.88. The summed E-state index contributed by atoms with van der Waals surface area (Å²) in [5, 5.41) is 12.8. The molecule has 2 heterocycles. The molecule has 0 bridgehead atoms. The van der Waals surface area contributed by atoms with Crippen LogP contribution in [0.2, 0.25) is 0 Å². The van der Waals surface area contributed by atoms with Crippen LogP contribution in [0.5, 0.6) is 11.6 Å². The summed E-state index contributed by atoms with van der Waals surface area (Å²) in [6.45, 7) is 8.07. The van der Waals surface area contributed by atoms with Crippen molar-refractivity contribution >= 4 is 27.2 Å². The van der Waals surface area contributed by atoms with Crippen molar-refractivity contribution < 1.29 is 34.7 Å². The third-order valence-electron chi connectivity index (χ3n) is 5.31. The van der Waals surface area contributed by atoms with Crippen LogP contribution < -0.4 is 4.74 Å². The average Bonchev–Trinajstić information content (AvgIpc) is 3.27. The molecule has 2 aromatic heterocycles. The van der Waals surface area contributed by atoms with Crippen LogP contribution in [0.25, 0.3) is 10.1 Å². The summed E-state index contributed by atoms with van der Waals surface area (Å²) in [7, 11) is 0. The maximum Gasteiger partial charge on any atom is 0.225 e. The van der Waals surface area contributed by atoms with Crippen molar-refractivity contribution in [3.63, 3.8) is 0 Å². The quantitative estimate of drug-likeness (QED) is 0.149. The molecule has 0 fully saturated rings. The number of aliphatic hydroxyl groups is 1. The Kier molecular flexibility index (Phi) is 13.1. The molecule has 32 heavy (non-hydrogen) atoms. The Morgan fingerprint density at radius 3 is 2.38 bits per heavy atom. The van der Waals surface area contributed by atoms with Crippen LogP contribution in [0.3, 0.4) is 0 Å². The van der Waals surface area contributed by atoms with Gasteiger partial charge in [-0.25, -0.2) is 4.98 Å². The fourth-order valence-corrected chi connectivity index (χ4v) is 4.05. The number of aliphatic hydroxyl groups excluding tert-OH is 1. The van der Waals surface area contributed by atoms with Gasteiger partial charge in [-0.2, -0.15) is 18.2 Å². The van der Waals surface area contributed by atoms with E-state index in [0.717, 1.165) is 31.1 Å². The molecule has 3 aromatic rings. The summed E-state index contributed by atoms with van der Waals surface area (Å²) in [6, 6.07) is 14.5. The Bertz CT molecular complexity index is 963. The smallest absolute Gasteiger partial charge is 0.225 e. The van der Waals surface area contributed by atoms with Gasteiger partial charge in [-0.1, -0.05) is 27.7 Å². The molecule has 0 aliphatic heterocycles. The summed E-state index contributed by atoms with van der Waals surface area (Å²) >= 11 is 1.68. The van der Waals surface area contributed by atoms with Crippen molar-refractivity contribution in [2.45, 2.75) is 53.4 Å². The molecule has 1 N–H and O–H groups in total. The molecular formula is C26H32IrNO3S-. The molecule has 175 valence electrons. The van der Waals surface area contributed by atoms with Gasteiger partial charge in [0.25, 0.3) is 0 Å². The van der Waals surface area contributed by atoms with E-state index in [2.05, 4.69) is 11.1 Å². The van der Waals surface area contributed by atoms with Crippen molar-refractivity contribution in [1.82, 2.24) is 4.98 Å². The third-order valence-corrected chi connectivity index (χ3v) is 6.19. The topological polar surface area (TPSA) is 59.4 Å². The number of ether oxygens (including phenoxy) is 1. The number of allylic oxidation sites excluding steroid dienone is 2. The van der Waals surface area contributed by atoms with Gasteiger partial charge in [-0.05, 0) is 43.2 Å². The number of carbonyl (C=O) groups is 1. The third kappa shape index (κ3) is 8.16. The number of rotatable bonds is 9. The van der Waals surface area contributed by atoms with E-state index in [1.54, 1.807) is 17.5 Å². The van der Waals surface area contributed by atoms with E-state index in [9.17, 15) is 9.90 Å². The Balaban J connectivity index is 0.000000312. The molecule has 0 atom stereocenters. The van der Waals surface area contributed by atoms with E-state index in [0.29, 0.717) is 11.6 Å². The van der Waals surface area contributed by atoms with Crippen LogP contribution in [0.4, 0.5) is 0 Å². The molecule has 1 radical (unpaired) electrons. The van der Waals surface area contributed by atoms with E-state index in [1.165, 1.54) is 10.8 Å². The van der Waals surface area contributed by atoms with Gasteiger partial charge in [0.05, 0.1) is 11.1 Å². The molecule has 1 aromatic carbocycles. The molecule has 0 saturated carbocycles. The van der Waals surface area contributed by atoms with E-state index in [-0.39, 0.29) is 43.5 Å². The SMILES string of the molecule is CCC(CC)C(=O)/C=C(\O)C(CC)CC.[Ir].[c-]1ccccc1Oc1nccc2sccc12. The number of pyridine rings is 1. The van der Waals surface area contributed by atoms with Crippen molar-refractivity contribution in [2.24, 2.45) is 11.8 Å². The largest absolute Gasteiger partial charge is 0.512 e. The van der Waals surface area contributed by atoms with E-state index < -0.39 is 0 Å². The molecular weight excluding hydrogens is 599 g/mol. The van der Waals surface area contributed by atoms with E-state index in [1.807, 2.05) is 69.5 Å². The normalized spacial score (nSPS) is 11.1. The maximum atomic E-state index is 11.7. The number of aromatic nitrogens is 1.